The van der Waals surface area contributed by atoms with Gasteiger partial charge in [-0.15, -0.1) is 22.7 Å². The zero-order valence-electron chi connectivity index (χ0n) is 17.1. The highest BCUT2D eigenvalue weighted by atomic mass is 32.1. The Bertz CT molecular complexity index is 997. The number of fused-ring (bicyclic) bond motifs is 1. The molecule has 0 saturated carbocycles. The maximum atomic E-state index is 13.5. The first-order chi connectivity index (χ1) is 14.7. The molecule has 4 nitrogen and oxygen atoms in total. The van der Waals surface area contributed by atoms with E-state index in [-0.39, 0.29) is 11.9 Å². The summed E-state index contributed by atoms with van der Waals surface area (Å²) in [5.74, 6) is 1.11. The Labute approximate surface area is 185 Å². The zero-order valence-corrected chi connectivity index (χ0v) is 18.8. The predicted molar refractivity (Wildman–Crippen MR) is 122 cm³/mol. The monoisotopic (exact) mass is 438 g/mol. The smallest absolute Gasteiger partial charge is 0.237 e. The van der Waals surface area contributed by atoms with E-state index < -0.39 is 0 Å². The number of ether oxygens (including phenoxy) is 1. The topological polar surface area (TPSA) is 32.8 Å². The van der Waals surface area contributed by atoms with Crippen LogP contribution in [0.3, 0.4) is 0 Å². The molecule has 0 N–H and O–H groups in total. The van der Waals surface area contributed by atoms with Gasteiger partial charge in [-0.2, -0.15) is 0 Å². The Kier molecular flexibility index (Phi) is 5.63. The number of nitrogens with zero attached hydrogens (tertiary/aromatic N) is 2. The van der Waals surface area contributed by atoms with Crippen LogP contribution < -0.4 is 4.74 Å². The minimum absolute atomic E-state index is 0.0644. The lowest BCUT2D eigenvalue weighted by Gasteiger charge is -2.37. The van der Waals surface area contributed by atoms with Crippen molar-refractivity contribution >= 4 is 28.6 Å². The summed E-state index contributed by atoms with van der Waals surface area (Å²) >= 11 is 3.57. The Balaban J connectivity index is 1.36. The fourth-order valence-electron chi connectivity index (χ4n) is 4.82. The van der Waals surface area contributed by atoms with Crippen molar-refractivity contribution in [2.24, 2.45) is 0 Å². The molecule has 156 valence electrons. The Hall–Kier alpha value is -2.15. The summed E-state index contributed by atoms with van der Waals surface area (Å²) in [6.45, 7) is 2.26. The largest absolute Gasteiger partial charge is 0.497 e. The Morgan fingerprint density at radius 3 is 2.73 bits per heavy atom. The fourth-order valence-corrected chi connectivity index (χ4v) is 6.58. The average molecular weight is 439 g/mol. The molecule has 4 heterocycles. The molecule has 1 amide bonds. The highest BCUT2D eigenvalue weighted by Crippen LogP contribution is 2.40. The molecular formula is C24H26N2O2S2. The lowest BCUT2D eigenvalue weighted by molar-refractivity contribution is -0.134. The molecule has 0 spiro atoms. The number of carbonyl (C=O) groups excluding carboxylic acids is 1. The molecule has 1 aromatic carbocycles. The van der Waals surface area contributed by atoms with Gasteiger partial charge in [0, 0.05) is 22.3 Å². The molecule has 2 atom stereocenters. The van der Waals surface area contributed by atoms with E-state index in [1.54, 1.807) is 18.4 Å². The van der Waals surface area contributed by atoms with Crippen molar-refractivity contribution in [3.8, 4) is 5.75 Å². The number of likely N-dealkylation sites (tertiary alicyclic amines) is 1. The normalized spacial score (nSPS) is 21.6. The summed E-state index contributed by atoms with van der Waals surface area (Å²) in [6.07, 6.45) is 3.19. The number of carbonyl (C=O) groups is 1. The molecule has 3 aromatic rings. The maximum absolute atomic E-state index is 13.5. The van der Waals surface area contributed by atoms with Crippen molar-refractivity contribution in [1.82, 2.24) is 9.80 Å². The van der Waals surface area contributed by atoms with Gasteiger partial charge in [0.25, 0.3) is 0 Å². The second kappa shape index (κ2) is 8.53. The third kappa shape index (κ3) is 3.68. The minimum Gasteiger partial charge on any atom is -0.497 e. The molecule has 2 aliphatic rings. The summed E-state index contributed by atoms with van der Waals surface area (Å²) in [7, 11) is 1.69. The van der Waals surface area contributed by atoms with E-state index in [1.165, 1.54) is 20.9 Å². The number of hydrogen-bond donors (Lipinski definition) is 0. The van der Waals surface area contributed by atoms with Crippen molar-refractivity contribution in [3.63, 3.8) is 0 Å². The first kappa shape index (κ1) is 19.8. The van der Waals surface area contributed by atoms with Gasteiger partial charge in [-0.05, 0) is 72.0 Å². The van der Waals surface area contributed by atoms with E-state index in [4.69, 9.17) is 4.74 Å². The minimum atomic E-state index is 0.0644. The van der Waals surface area contributed by atoms with Crippen molar-refractivity contribution in [2.75, 3.05) is 26.7 Å². The van der Waals surface area contributed by atoms with Gasteiger partial charge in [0.2, 0.25) is 5.91 Å². The van der Waals surface area contributed by atoms with Crippen molar-refractivity contribution < 1.29 is 9.53 Å². The Morgan fingerprint density at radius 1 is 1.10 bits per heavy atom. The number of hydrogen-bond acceptors (Lipinski definition) is 5. The molecule has 2 unspecified atom stereocenters. The number of rotatable bonds is 5. The van der Waals surface area contributed by atoms with E-state index in [2.05, 4.69) is 50.9 Å². The summed E-state index contributed by atoms with van der Waals surface area (Å²) in [5.41, 5.74) is 2.59. The van der Waals surface area contributed by atoms with E-state index in [9.17, 15) is 4.79 Å². The van der Waals surface area contributed by atoms with Gasteiger partial charge in [-0.25, -0.2) is 0 Å². The van der Waals surface area contributed by atoms with Crippen LogP contribution in [0.2, 0.25) is 0 Å². The molecule has 0 aliphatic carbocycles. The molecule has 5 rings (SSSR count). The van der Waals surface area contributed by atoms with E-state index in [0.717, 1.165) is 38.1 Å². The highest BCUT2D eigenvalue weighted by Gasteiger charge is 2.35. The number of benzene rings is 1. The van der Waals surface area contributed by atoms with Gasteiger partial charge >= 0.3 is 0 Å². The second-order valence-electron chi connectivity index (χ2n) is 7.96. The molecular weight excluding hydrogens is 412 g/mol. The summed E-state index contributed by atoms with van der Waals surface area (Å²) < 4.78 is 5.30. The molecule has 0 bridgehead atoms. The van der Waals surface area contributed by atoms with Gasteiger partial charge < -0.3 is 9.64 Å². The van der Waals surface area contributed by atoms with Gasteiger partial charge in [0.1, 0.15) is 5.75 Å². The van der Waals surface area contributed by atoms with Crippen LogP contribution in [0.1, 0.15) is 45.8 Å². The third-order valence-corrected chi connectivity index (χ3v) is 8.22. The van der Waals surface area contributed by atoms with E-state index in [0.29, 0.717) is 12.6 Å². The van der Waals surface area contributed by atoms with Crippen LogP contribution in [0.5, 0.6) is 5.75 Å². The highest BCUT2D eigenvalue weighted by molar-refractivity contribution is 7.10. The number of methoxy groups -OCH3 is 1. The molecule has 30 heavy (non-hydrogen) atoms. The van der Waals surface area contributed by atoms with Gasteiger partial charge in [-0.3, -0.25) is 9.69 Å². The van der Waals surface area contributed by atoms with E-state index in [1.807, 2.05) is 23.5 Å². The van der Waals surface area contributed by atoms with E-state index >= 15 is 0 Å². The number of amides is 1. The SMILES string of the molecule is COc1ccc(C2CCCN2CC(=O)N2CCc3sccc3C2c2cccs2)cc1. The van der Waals surface area contributed by atoms with Crippen LogP contribution in [0.4, 0.5) is 0 Å². The zero-order chi connectivity index (χ0) is 20.5. The van der Waals surface area contributed by atoms with Crippen LogP contribution in [0.15, 0.2) is 53.2 Å². The molecule has 2 aliphatic heterocycles. The fraction of sp³-hybridized carbons (Fsp3) is 0.375. The maximum Gasteiger partial charge on any atom is 0.237 e. The summed E-state index contributed by atoms with van der Waals surface area (Å²) in [6, 6.07) is 15.1. The summed E-state index contributed by atoms with van der Waals surface area (Å²) in [4.78, 5) is 20.7. The van der Waals surface area contributed by atoms with Crippen LogP contribution in [-0.4, -0.2) is 42.5 Å². The third-order valence-electron chi connectivity index (χ3n) is 6.30. The molecule has 1 fully saturated rings. The standard InChI is InChI=1S/C24H26N2O2S2/c1-28-18-8-6-17(7-9-18)20-4-2-12-25(20)16-23(27)26-13-10-21-19(11-15-30-21)24(26)22-5-3-14-29-22/h3,5-9,11,14-15,20,24H,2,4,10,12-13,16H2,1H3. The number of thiophene rings is 2. The molecule has 0 radical (unpaired) electrons. The molecule has 6 heteroatoms. The quantitative estimate of drug-likeness (QED) is 0.554. The average Bonchev–Trinajstić information content (AvgIpc) is 3.54. The molecule has 1 saturated heterocycles. The lowest BCUT2D eigenvalue weighted by Crippen LogP contribution is -2.45. The van der Waals surface area contributed by atoms with Crippen molar-refractivity contribution in [1.29, 1.82) is 0 Å². The first-order valence-corrected chi connectivity index (χ1v) is 12.3. The van der Waals surface area contributed by atoms with Crippen molar-refractivity contribution in [3.05, 3.63) is 74.1 Å². The predicted octanol–water partition coefficient (Wildman–Crippen LogP) is 5.13. The van der Waals surface area contributed by atoms with Crippen LogP contribution in [0, 0.1) is 0 Å². The van der Waals surface area contributed by atoms with Crippen LogP contribution in [-0.2, 0) is 11.2 Å². The second-order valence-corrected chi connectivity index (χ2v) is 9.94. The lowest BCUT2D eigenvalue weighted by atomic mass is 9.98. The van der Waals surface area contributed by atoms with Gasteiger partial charge in [-0.1, -0.05) is 18.2 Å². The first-order valence-electron chi connectivity index (χ1n) is 10.5. The summed E-state index contributed by atoms with van der Waals surface area (Å²) in [5, 5.41) is 4.28. The van der Waals surface area contributed by atoms with Gasteiger partial charge in [0.15, 0.2) is 0 Å². The van der Waals surface area contributed by atoms with Gasteiger partial charge in [0.05, 0.1) is 19.7 Å². The molecule has 2 aromatic heterocycles. The van der Waals surface area contributed by atoms with Crippen LogP contribution >= 0.6 is 22.7 Å². The Morgan fingerprint density at radius 2 is 1.97 bits per heavy atom. The van der Waals surface area contributed by atoms with Crippen molar-refractivity contribution in [2.45, 2.75) is 31.3 Å². The van der Waals surface area contributed by atoms with Crippen LogP contribution in [0.25, 0.3) is 0 Å².